The minimum atomic E-state index is -4.59. The number of amides is 2. The Morgan fingerprint density at radius 2 is 1.75 bits per heavy atom. The average Bonchev–Trinajstić information content (AvgIpc) is 2.88. The van der Waals surface area contributed by atoms with E-state index < -0.39 is 30.2 Å². The first kappa shape index (κ1) is 30.8. The predicted molar refractivity (Wildman–Crippen MR) is 150 cm³/mol. The molecule has 3 aromatic carbocycles. The summed E-state index contributed by atoms with van der Waals surface area (Å²) in [5.74, 6) is -0.999. The van der Waals surface area contributed by atoms with Crippen LogP contribution in [0.25, 0.3) is 6.08 Å². The Morgan fingerprint density at radius 1 is 1.02 bits per heavy atom. The molecule has 0 atom stereocenters. The van der Waals surface area contributed by atoms with Crippen LogP contribution in [0.3, 0.4) is 0 Å². The van der Waals surface area contributed by atoms with E-state index >= 15 is 0 Å². The first-order valence-corrected chi connectivity index (χ1v) is 12.9. The fraction of sp³-hybridized carbons (Fsp3) is 0.148. The van der Waals surface area contributed by atoms with Gasteiger partial charge in [0, 0.05) is 11.4 Å². The van der Waals surface area contributed by atoms with Gasteiger partial charge in [-0.1, -0.05) is 29.3 Å². The Labute approximate surface area is 245 Å². The fourth-order valence-electron chi connectivity index (χ4n) is 3.27. The molecule has 13 heteroatoms. The number of halogens is 6. The number of ether oxygens (including phenoxy) is 2. The zero-order valence-electron chi connectivity index (χ0n) is 20.5. The number of alkyl halides is 3. The maximum Gasteiger partial charge on any atom is 0.416 e. The summed E-state index contributed by atoms with van der Waals surface area (Å²) < 4.78 is 50.6. The van der Waals surface area contributed by atoms with Crippen molar-refractivity contribution in [1.29, 1.82) is 5.26 Å². The molecule has 3 rings (SSSR count). The molecule has 0 bridgehead atoms. The van der Waals surface area contributed by atoms with E-state index in [2.05, 4.69) is 26.6 Å². The number of nitriles is 1. The standard InChI is InChI=1S/C27H19BrCl2F3N3O4/c1-2-39-23-10-15(8-16(13-34)26(38)36-18-5-3-4-17(11-18)27(31,32)33)9-20(28)25(23)40-14-24(37)35-19-6-7-21(29)22(30)12-19/h3-12H,2,14H2,1H3,(H,35,37)(H,36,38)/b16-8+. The Balaban J connectivity index is 1.78. The molecule has 0 heterocycles. The third-order valence-corrected chi connectivity index (χ3v) is 6.33. The molecule has 3 aromatic rings. The number of hydrogen-bond acceptors (Lipinski definition) is 5. The van der Waals surface area contributed by atoms with Crippen molar-refractivity contribution in [2.75, 3.05) is 23.8 Å². The van der Waals surface area contributed by atoms with Crippen molar-refractivity contribution in [3.05, 3.63) is 85.8 Å². The molecule has 0 saturated heterocycles. The zero-order chi connectivity index (χ0) is 29.4. The summed E-state index contributed by atoms with van der Waals surface area (Å²) in [4.78, 5) is 25.0. The maximum atomic E-state index is 13.0. The molecule has 0 radical (unpaired) electrons. The van der Waals surface area contributed by atoms with Crippen molar-refractivity contribution >= 4 is 68.4 Å². The highest BCUT2D eigenvalue weighted by Gasteiger charge is 2.30. The second-order valence-corrected chi connectivity index (χ2v) is 9.60. The van der Waals surface area contributed by atoms with E-state index in [0.29, 0.717) is 20.7 Å². The van der Waals surface area contributed by atoms with E-state index in [1.807, 2.05) is 0 Å². The summed E-state index contributed by atoms with van der Waals surface area (Å²) in [7, 11) is 0. The smallest absolute Gasteiger partial charge is 0.416 e. The van der Waals surface area contributed by atoms with Gasteiger partial charge in [-0.05, 0) is 83.0 Å². The lowest BCUT2D eigenvalue weighted by Crippen LogP contribution is -2.20. The second kappa shape index (κ2) is 13.6. The van der Waals surface area contributed by atoms with Crippen LogP contribution in [-0.2, 0) is 15.8 Å². The normalized spacial score (nSPS) is 11.4. The van der Waals surface area contributed by atoms with Gasteiger partial charge in [0.05, 0.1) is 26.7 Å². The van der Waals surface area contributed by atoms with Crippen molar-refractivity contribution in [2.24, 2.45) is 0 Å². The van der Waals surface area contributed by atoms with Gasteiger partial charge in [-0.25, -0.2) is 0 Å². The van der Waals surface area contributed by atoms with E-state index in [0.717, 1.165) is 18.2 Å². The van der Waals surface area contributed by atoms with Crippen LogP contribution >= 0.6 is 39.1 Å². The molecule has 2 N–H and O–H groups in total. The van der Waals surface area contributed by atoms with Crippen LogP contribution in [-0.4, -0.2) is 25.0 Å². The molecule has 0 spiro atoms. The first-order chi connectivity index (χ1) is 18.9. The van der Waals surface area contributed by atoms with Crippen molar-refractivity contribution in [3.63, 3.8) is 0 Å². The fourth-order valence-corrected chi connectivity index (χ4v) is 4.14. The van der Waals surface area contributed by atoms with Gasteiger partial charge in [-0.3, -0.25) is 9.59 Å². The Hall–Kier alpha value is -3.72. The van der Waals surface area contributed by atoms with Gasteiger partial charge in [-0.15, -0.1) is 0 Å². The summed E-state index contributed by atoms with van der Waals surface area (Å²) >= 11 is 15.2. The van der Waals surface area contributed by atoms with Gasteiger partial charge in [0.2, 0.25) is 0 Å². The molecule has 0 unspecified atom stereocenters. The minimum Gasteiger partial charge on any atom is -0.490 e. The molecule has 0 aromatic heterocycles. The van der Waals surface area contributed by atoms with Crippen LogP contribution in [0.2, 0.25) is 10.0 Å². The maximum absolute atomic E-state index is 13.0. The molecule has 0 saturated carbocycles. The summed E-state index contributed by atoms with van der Waals surface area (Å²) in [5, 5.41) is 15.1. The van der Waals surface area contributed by atoms with Crippen LogP contribution < -0.4 is 20.1 Å². The first-order valence-electron chi connectivity index (χ1n) is 11.4. The van der Waals surface area contributed by atoms with Crippen molar-refractivity contribution in [3.8, 4) is 17.6 Å². The lowest BCUT2D eigenvalue weighted by molar-refractivity contribution is -0.137. The predicted octanol–water partition coefficient (Wildman–Crippen LogP) is 7.74. The molecule has 0 fully saturated rings. The molecule has 7 nitrogen and oxygen atoms in total. The molecular formula is C27H19BrCl2F3N3O4. The third kappa shape index (κ3) is 8.39. The number of anilines is 2. The van der Waals surface area contributed by atoms with Crippen molar-refractivity contribution in [2.45, 2.75) is 13.1 Å². The summed E-state index contributed by atoms with van der Waals surface area (Å²) in [6.07, 6.45) is -3.36. The van der Waals surface area contributed by atoms with E-state index in [-0.39, 0.29) is 34.4 Å². The zero-order valence-corrected chi connectivity index (χ0v) is 23.6. The van der Waals surface area contributed by atoms with Gasteiger partial charge in [-0.2, -0.15) is 18.4 Å². The molecule has 2 amide bonds. The molecule has 0 aliphatic carbocycles. The lowest BCUT2D eigenvalue weighted by Gasteiger charge is -2.15. The van der Waals surface area contributed by atoms with Gasteiger partial charge in [0.15, 0.2) is 18.1 Å². The van der Waals surface area contributed by atoms with E-state index in [1.54, 1.807) is 19.1 Å². The molecule has 40 heavy (non-hydrogen) atoms. The second-order valence-electron chi connectivity index (χ2n) is 7.93. The quantitative estimate of drug-likeness (QED) is 0.181. The molecular weight excluding hydrogens is 638 g/mol. The number of nitrogens with one attached hydrogen (secondary N) is 2. The number of rotatable bonds is 9. The minimum absolute atomic E-state index is 0.125. The van der Waals surface area contributed by atoms with Crippen LogP contribution in [0, 0.1) is 11.3 Å². The highest BCUT2D eigenvalue weighted by molar-refractivity contribution is 9.10. The Bertz CT molecular complexity index is 1510. The summed E-state index contributed by atoms with van der Waals surface area (Å²) in [5.41, 5.74) is -0.681. The van der Waals surface area contributed by atoms with Gasteiger partial charge in [0.25, 0.3) is 11.8 Å². The van der Waals surface area contributed by atoms with Crippen LogP contribution in [0.4, 0.5) is 24.5 Å². The van der Waals surface area contributed by atoms with Crippen molar-refractivity contribution < 1.29 is 32.2 Å². The molecule has 0 aliphatic heterocycles. The third-order valence-electron chi connectivity index (χ3n) is 5.01. The van der Waals surface area contributed by atoms with Crippen molar-refractivity contribution in [1.82, 2.24) is 0 Å². The topological polar surface area (TPSA) is 100 Å². The lowest BCUT2D eigenvalue weighted by atomic mass is 10.1. The van der Waals surface area contributed by atoms with E-state index in [9.17, 15) is 28.0 Å². The largest absolute Gasteiger partial charge is 0.490 e. The molecule has 208 valence electrons. The van der Waals surface area contributed by atoms with Gasteiger partial charge in [0.1, 0.15) is 11.6 Å². The summed E-state index contributed by atoms with van der Waals surface area (Å²) in [6.45, 7) is 1.56. The van der Waals surface area contributed by atoms with E-state index in [1.165, 1.54) is 36.4 Å². The Kier molecular flexibility index (Phi) is 10.5. The molecule has 0 aliphatic rings. The van der Waals surface area contributed by atoms with E-state index in [4.69, 9.17) is 32.7 Å². The number of hydrogen-bond donors (Lipinski definition) is 2. The van der Waals surface area contributed by atoms with Crippen LogP contribution in [0.15, 0.2) is 64.6 Å². The van der Waals surface area contributed by atoms with Gasteiger partial charge >= 0.3 is 6.18 Å². The highest BCUT2D eigenvalue weighted by Crippen LogP contribution is 2.38. The van der Waals surface area contributed by atoms with Gasteiger partial charge < -0.3 is 20.1 Å². The summed E-state index contributed by atoms with van der Waals surface area (Å²) in [6, 6.07) is 13.4. The average molecular weight is 657 g/mol. The Morgan fingerprint density at radius 3 is 2.40 bits per heavy atom. The number of benzene rings is 3. The SMILES string of the molecule is CCOc1cc(/C=C(\C#N)C(=O)Nc2cccc(C(F)(F)F)c2)cc(Br)c1OCC(=O)Nc1ccc(Cl)c(Cl)c1. The number of carbonyl (C=O) groups is 2. The highest BCUT2D eigenvalue weighted by atomic mass is 79.9. The number of nitrogens with zero attached hydrogens (tertiary/aromatic N) is 1. The van der Waals surface area contributed by atoms with Crippen LogP contribution in [0.1, 0.15) is 18.1 Å². The monoisotopic (exact) mass is 655 g/mol. The van der Waals surface area contributed by atoms with Crippen LogP contribution in [0.5, 0.6) is 11.5 Å². The number of carbonyl (C=O) groups excluding carboxylic acids is 2.